The number of hydrogen-bond donors (Lipinski definition) is 1. The van der Waals surface area contributed by atoms with Gasteiger partial charge in [0.2, 0.25) is 0 Å². The van der Waals surface area contributed by atoms with E-state index < -0.39 is 0 Å². The largest absolute Gasteiger partial charge is 0.383 e. The molecular formula is C23H28N4O2. The van der Waals surface area contributed by atoms with Crippen LogP contribution in [0.2, 0.25) is 0 Å². The summed E-state index contributed by atoms with van der Waals surface area (Å²) in [7, 11) is 1.72. The van der Waals surface area contributed by atoms with Crippen LogP contribution in [0.4, 0.5) is 0 Å². The van der Waals surface area contributed by atoms with Crippen molar-refractivity contribution in [1.82, 2.24) is 19.7 Å². The molecule has 29 heavy (non-hydrogen) atoms. The summed E-state index contributed by atoms with van der Waals surface area (Å²) in [6.07, 6.45) is 9.09. The van der Waals surface area contributed by atoms with Crippen LogP contribution in [0.3, 0.4) is 0 Å². The summed E-state index contributed by atoms with van der Waals surface area (Å²) in [6.45, 7) is 2.78. The van der Waals surface area contributed by atoms with Gasteiger partial charge in [0, 0.05) is 47.6 Å². The summed E-state index contributed by atoms with van der Waals surface area (Å²) in [5, 5.41) is 8.33. The summed E-state index contributed by atoms with van der Waals surface area (Å²) in [4.78, 5) is 15.9. The minimum absolute atomic E-state index is 0.173. The van der Waals surface area contributed by atoms with Crippen molar-refractivity contribution in [2.75, 3.05) is 13.7 Å². The maximum Gasteiger partial charge on any atom is 0.255 e. The Morgan fingerprint density at radius 3 is 2.97 bits per heavy atom. The predicted octanol–water partition coefficient (Wildman–Crippen LogP) is 3.73. The number of methoxy groups -OCH3 is 1. The highest BCUT2D eigenvalue weighted by Crippen LogP contribution is 2.36. The van der Waals surface area contributed by atoms with Crippen LogP contribution in [0.1, 0.15) is 53.8 Å². The number of nitrogens with zero attached hydrogens (tertiary/aromatic N) is 3. The minimum Gasteiger partial charge on any atom is -0.383 e. The van der Waals surface area contributed by atoms with Gasteiger partial charge in [-0.25, -0.2) is 0 Å². The Labute approximate surface area is 170 Å². The summed E-state index contributed by atoms with van der Waals surface area (Å²) in [5.74, 6) is 0.173. The van der Waals surface area contributed by atoms with Crippen molar-refractivity contribution >= 4 is 16.8 Å². The number of H-pyrrole nitrogens is 1. The molecule has 1 aromatic carbocycles. The molecule has 1 saturated carbocycles. The van der Waals surface area contributed by atoms with Gasteiger partial charge in [-0.05, 0) is 62.8 Å². The summed E-state index contributed by atoms with van der Waals surface area (Å²) in [5.41, 5.74) is 4.40. The zero-order valence-electron chi connectivity index (χ0n) is 17.1. The van der Waals surface area contributed by atoms with Gasteiger partial charge in [0.15, 0.2) is 0 Å². The molecular weight excluding hydrogens is 364 g/mol. The van der Waals surface area contributed by atoms with Gasteiger partial charge in [0.25, 0.3) is 5.91 Å². The molecule has 2 atom stereocenters. The van der Waals surface area contributed by atoms with Crippen LogP contribution >= 0.6 is 0 Å². The number of aryl methyl sites for hydroxylation is 1. The Kier molecular flexibility index (Phi) is 4.66. The minimum atomic E-state index is 0.173. The van der Waals surface area contributed by atoms with Crippen molar-refractivity contribution in [1.29, 1.82) is 0 Å². The van der Waals surface area contributed by atoms with Gasteiger partial charge in [-0.15, -0.1) is 0 Å². The van der Waals surface area contributed by atoms with E-state index in [1.807, 2.05) is 18.3 Å². The number of rotatable bonds is 6. The van der Waals surface area contributed by atoms with E-state index in [0.717, 1.165) is 48.6 Å². The van der Waals surface area contributed by atoms with E-state index in [1.165, 1.54) is 11.3 Å². The molecule has 152 valence electrons. The normalized spacial score (nSPS) is 19.9. The number of carbonyl (C=O) groups excluding carboxylic acids is 1. The number of hydrogen-bond acceptors (Lipinski definition) is 3. The quantitative estimate of drug-likeness (QED) is 0.695. The maximum absolute atomic E-state index is 13.8. The Morgan fingerprint density at radius 1 is 1.31 bits per heavy atom. The Balaban J connectivity index is 1.48. The van der Waals surface area contributed by atoms with Crippen molar-refractivity contribution in [3.8, 4) is 0 Å². The topological polar surface area (TPSA) is 63.1 Å². The Hall–Kier alpha value is -2.60. The first kappa shape index (κ1) is 18.4. The molecule has 0 bridgehead atoms. The van der Waals surface area contributed by atoms with Gasteiger partial charge < -0.3 is 14.2 Å². The molecule has 0 spiro atoms. The zero-order valence-corrected chi connectivity index (χ0v) is 17.1. The van der Waals surface area contributed by atoms with E-state index >= 15 is 0 Å². The second-order valence-electron chi connectivity index (χ2n) is 8.48. The monoisotopic (exact) mass is 392 g/mol. The van der Waals surface area contributed by atoms with Crippen molar-refractivity contribution in [2.45, 2.75) is 57.2 Å². The first-order valence-electron chi connectivity index (χ1n) is 10.6. The third-order valence-electron chi connectivity index (χ3n) is 6.44. The third kappa shape index (κ3) is 3.25. The van der Waals surface area contributed by atoms with Crippen LogP contribution in [-0.2, 0) is 17.6 Å². The highest BCUT2D eigenvalue weighted by atomic mass is 16.5. The van der Waals surface area contributed by atoms with Crippen molar-refractivity contribution < 1.29 is 9.53 Å². The highest BCUT2D eigenvalue weighted by Gasteiger charge is 2.39. The SMILES string of the molecule is COCC(C)n1ccc2c(C(=O)N(C3CC3)C3CCc4[nH]ncc4C3)cccc21. The molecule has 0 radical (unpaired) electrons. The lowest BCUT2D eigenvalue weighted by Crippen LogP contribution is -2.44. The van der Waals surface area contributed by atoms with Crippen LogP contribution < -0.4 is 0 Å². The van der Waals surface area contributed by atoms with Gasteiger partial charge in [-0.3, -0.25) is 9.89 Å². The van der Waals surface area contributed by atoms with Crippen LogP contribution in [0, 0.1) is 0 Å². The van der Waals surface area contributed by atoms with Gasteiger partial charge >= 0.3 is 0 Å². The molecule has 2 heterocycles. The van der Waals surface area contributed by atoms with E-state index in [0.29, 0.717) is 12.6 Å². The standard InChI is InChI=1S/C23H28N4O2/c1-15(14-29-2)26-11-10-19-20(4-3-5-22(19)26)23(28)27(17-6-7-17)18-8-9-21-16(12-18)13-24-25-21/h3-5,10-11,13,15,17-18H,6-9,12,14H2,1-2H3,(H,24,25). The molecule has 1 fully saturated rings. The molecule has 2 aliphatic carbocycles. The van der Waals surface area contributed by atoms with Gasteiger partial charge in [-0.2, -0.15) is 5.10 Å². The smallest absolute Gasteiger partial charge is 0.255 e. The lowest BCUT2D eigenvalue weighted by Gasteiger charge is -2.34. The van der Waals surface area contributed by atoms with Gasteiger partial charge in [0.1, 0.15) is 0 Å². The molecule has 2 aliphatic rings. The second-order valence-corrected chi connectivity index (χ2v) is 8.48. The number of aromatic amines is 1. The summed E-state index contributed by atoms with van der Waals surface area (Å²) >= 11 is 0. The van der Waals surface area contributed by atoms with Crippen molar-refractivity contribution in [2.24, 2.45) is 0 Å². The molecule has 3 aromatic rings. The van der Waals surface area contributed by atoms with Gasteiger partial charge in [0.05, 0.1) is 18.8 Å². The fraction of sp³-hybridized carbons (Fsp3) is 0.478. The molecule has 5 rings (SSSR count). The highest BCUT2D eigenvalue weighted by molar-refractivity contribution is 6.07. The third-order valence-corrected chi connectivity index (χ3v) is 6.44. The van der Waals surface area contributed by atoms with Crippen molar-refractivity contribution in [3.63, 3.8) is 0 Å². The van der Waals surface area contributed by atoms with Crippen molar-refractivity contribution in [3.05, 3.63) is 53.5 Å². The number of fused-ring (bicyclic) bond motifs is 2. The molecule has 2 aromatic heterocycles. The average Bonchev–Trinajstić information content (AvgIpc) is 3.27. The molecule has 0 aliphatic heterocycles. The molecule has 6 nitrogen and oxygen atoms in total. The molecule has 1 N–H and O–H groups in total. The number of aromatic nitrogens is 3. The number of carbonyl (C=O) groups is 1. The Morgan fingerprint density at radius 2 is 2.17 bits per heavy atom. The Bertz CT molecular complexity index is 1030. The molecule has 0 saturated heterocycles. The van der Waals surface area contributed by atoms with Crippen LogP contribution in [0.5, 0.6) is 0 Å². The predicted molar refractivity (Wildman–Crippen MR) is 112 cm³/mol. The fourth-order valence-electron chi connectivity index (χ4n) is 4.84. The summed E-state index contributed by atoms with van der Waals surface area (Å²) < 4.78 is 7.53. The molecule has 1 amide bonds. The number of nitrogens with one attached hydrogen (secondary N) is 1. The fourth-order valence-corrected chi connectivity index (χ4v) is 4.84. The zero-order chi connectivity index (χ0) is 20.0. The summed E-state index contributed by atoms with van der Waals surface area (Å²) in [6, 6.07) is 9.02. The van der Waals surface area contributed by atoms with Gasteiger partial charge in [-0.1, -0.05) is 6.07 Å². The van der Waals surface area contributed by atoms with Crippen LogP contribution in [-0.4, -0.2) is 51.4 Å². The number of benzene rings is 1. The van der Waals surface area contributed by atoms with Crippen LogP contribution in [0.25, 0.3) is 10.9 Å². The molecule has 6 heteroatoms. The number of ether oxygens (including phenoxy) is 1. The first-order valence-corrected chi connectivity index (χ1v) is 10.6. The maximum atomic E-state index is 13.8. The van der Waals surface area contributed by atoms with E-state index in [9.17, 15) is 4.79 Å². The van der Waals surface area contributed by atoms with E-state index in [2.05, 4.69) is 44.9 Å². The number of amides is 1. The lowest BCUT2D eigenvalue weighted by molar-refractivity contribution is 0.0645. The van der Waals surface area contributed by atoms with E-state index in [1.54, 1.807) is 7.11 Å². The average molecular weight is 393 g/mol. The second kappa shape index (κ2) is 7.34. The van der Waals surface area contributed by atoms with Crippen LogP contribution in [0.15, 0.2) is 36.7 Å². The van der Waals surface area contributed by atoms with E-state index in [-0.39, 0.29) is 18.0 Å². The first-order chi connectivity index (χ1) is 14.2. The molecule has 2 unspecified atom stereocenters. The van der Waals surface area contributed by atoms with E-state index in [4.69, 9.17) is 4.74 Å². The lowest BCUT2D eigenvalue weighted by atomic mass is 9.91.